The fourth-order valence-corrected chi connectivity index (χ4v) is 6.75. The van der Waals surface area contributed by atoms with Gasteiger partial charge in [0.15, 0.2) is 16.6 Å². The Morgan fingerprint density at radius 3 is 2.00 bits per heavy atom. The average molecular weight is 453 g/mol. The second kappa shape index (κ2) is 8.60. The maximum atomic E-state index is 13.5. The first-order valence-corrected chi connectivity index (χ1v) is 17.8. The van der Waals surface area contributed by atoms with Gasteiger partial charge in [0.2, 0.25) is 0 Å². The van der Waals surface area contributed by atoms with E-state index in [1.165, 1.54) is 0 Å². The molecule has 0 bridgehead atoms. The Balaban J connectivity index is 2.00. The molecule has 30 heavy (non-hydrogen) atoms. The van der Waals surface area contributed by atoms with Gasteiger partial charge < -0.3 is 8.85 Å². The summed E-state index contributed by atoms with van der Waals surface area (Å²) in [4.78, 5) is 13.5. The quantitative estimate of drug-likeness (QED) is 0.312. The number of allylic oxidation sites excluding steroid dienone is 1. The van der Waals surface area contributed by atoms with Crippen molar-refractivity contribution in [2.45, 2.75) is 117 Å². The molecular formula is C25H48O3Si2. The molecule has 2 aliphatic carbocycles. The van der Waals surface area contributed by atoms with Gasteiger partial charge in [0.05, 0.1) is 6.10 Å². The molecule has 1 saturated carbocycles. The largest absolute Gasteiger partial charge is 0.416 e. The fraction of sp³-hybridized carbons (Fsp3) is 0.880. The molecule has 0 radical (unpaired) electrons. The SMILES string of the molecule is C[C@@H](O[Si](C)(C)C(C)(C)C)[C@@H]1CC[C@@]2(C=C[C@H](CO[Si](C)(C)C(C)(C)C)CC2)C1=O. The van der Waals surface area contributed by atoms with Crippen LogP contribution in [-0.4, -0.2) is 35.1 Å². The van der Waals surface area contributed by atoms with Crippen LogP contribution >= 0.6 is 0 Å². The summed E-state index contributed by atoms with van der Waals surface area (Å²) in [5, 5.41) is 0.407. The molecule has 0 saturated heterocycles. The van der Waals surface area contributed by atoms with E-state index in [9.17, 15) is 4.79 Å². The third-order valence-corrected chi connectivity index (χ3v) is 17.8. The van der Waals surface area contributed by atoms with E-state index in [2.05, 4.69) is 86.8 Å². The highest BCUT2D eigenvalue weighted by Gasteiger charge is 2.50. The summed E-state index contributed by atoms with van der Waals surface area (Å²) in [6.07, 6.45) is 8.52. The zero-order valence-corrected chi connectivity index (χ0v) is 23.6. The molecule has 0 aromatic heterocycles. The van der Waals surface area contributed by atoms with Gasteiger partial charge in [-0.2, -0.15) is 0 Å². The molecule has 1 spiro atoms. The summed E-state index contributed by atoms with van der Waals surface area (Å²) in [5.41, 5.74) is -0.247. The lowest BCUT2D eigenvalue weighted by atomic mass is 9.73. The zero-order chi connectivity index (χ0) is 23.2. The van der Waals surface area contributed by atoms with Crippen LogP contribution in [0.4, 0.5) is 0 Å². The van der Waals surface area contributed by atoms with E-state index in [0.717, 1.165) is 32.3 Å². The molecule has 0 amide bonds. The van der Waals surface area contributed by atoms with Crippen LogP contribution < -0.4 is 0 Å². The summed E-state index contributed by atoms with van der Waals surface area (Å²) in [7, 11) is -3.58. The minimum Gasteiger partial charge on any atom is -0.416 e. The summed E-state index contributed by atoms with van der Waals surface area (Å²) >= 11 is 0. The smallest absolute Gasteiger partial charge is 0.192 e. The van der Waals surface area contributed by atoms with Crippen LogP contribution in [0.5, 0.6) is 0 Å². The molecule has 5 heteroatoms. The predicted octanol–water partition coefficient (Wildman–Crippen LogP) is 7.35. The first-order chi connectivity index (χ1) is 13.4. The van der Waals surface area contributed by atoms with Crippen LogP contribution in [-0.2, 0) is 13.6 Å². The number of rotatable bonds is 6. The molecule has 3 nitrogen and oxygen atoms in total. The van der Waals surface area contributed by atoms with Gasteiger partial charge in [-0.1, -0.05) is 53.7 Å². The van der Waals surface area contributed by atoms with Crippen LogP contribution in [0.3, 0.4) is 0 Å². The molecule has 4 atom stereocenters. The number of hydrogen-bond donors (Lipinski definition) is 0. The van der Waals surface area contributed by atoms with Gasteiger partial charge in [-0.05, 0) is 74.8 Å². The molecule has 0 aromatic rings. The van der Waals surface area contributed by atoms with E-state index < -0.39 is 16.6 Å². The lowest BCUT2D eigenvalue weighted by molar-refractivity contribution is -0.129. The van der Waals surface area contributed by atoms with Crippen molar-refractivity contribution in [1.29, 1.82) is 0 Å². The third kappa shape index (κ3) is 5.39. The summed E-state index contributed by atoms with van der Waals surface area (Å²) in [5.74, 6) is 0.912. The topological polar surface area (TPSA) is 35.5 Å². The third-order valence-electron chi connectivity index (χ3n) is 8.70. The summed E-state index contributed by atoms with van der Waals surface area (Å²) < 4.78 is 13.0. The Labute approximate surface area is 188 Å². The number of Topliss-reactive ketones (excluding diaryl/α,β-unsaturated/α-hetero) is 1. The Bertz CT molecular complexity index is 654. The molecule has 0 aliphatic heterocycles. The Morgan fingerprint density at radius 2 is 1.53 bits per heavy atom. The second-order valence-corrected chi connectivity index (χ2v) is 22.5. The number of hydrogen-bond acceptors (Lipinski definition) is 3. The van der Waals surface area contributed by atoms with Gasteiger partial charge in [0.1, 0.15) is 5.78 Å². The summed E-state index contributed by atoms with van der Waals surface area (Å²) in [6, 6.07) is 0. The van der Waals surface area contributed by atoms with Crippen molar-refractivity contribution >= 4 is 22.4 Å². The maximum absolute atomic E-state index is 13.5. The van der Waals surface area contributed by atoms with Crippen molar-refractivity contribution in [1.82, 2.24) is 0 Å². The molecule has 0 unspecified atom stereocenters. The molecule has 0 heterocycles. The lowest BCUT2D eigenvalue weighted by Gasteiger charge is -2.40. The highest BCUT2D eigenvalue weighted by atomic mass is 28.4. The van der Waals surface area contributed by atoms with Gasteiger partial charge in [0, 0.05) is 17.9 Å². The van der Waals surface area contributed by atoms with Crippen LogP contribution in [0.15, 0.2) is 12.2 Å². The summed E-state index contributed by atoms with van der Waals surface area (Å²) in [6.45, 7) is 25.8. The number of carbonyl (C=O) groups excluding carboxylic acids is 1. The van der Waals surface area contributed by atoms with Gasteiger partial charge in [-0.25, -0.2) is 0 Å². The minimum atomic E-state index is -1.86. The van der Waals surface area contributed by atoms with E-state index in [4.69, 9.17) is 8.85 Å². The Hall–Kier alpha value is -0.236. The van der Waals surface area contributed by atoms with E-state index in [0.29, 0.717) is 11.7 Å². The average Bonchev–Trinajstić information content (AvgIpc) is 2.89. The van der Waals surface area contributed by atoms with Crippen LogP contribution in [0.25, 0.3) is 0 Å². The molecule has 2 rings (SSSR count). The van der Waals surface area contributed by atoms with Crippen molar-refractivity contribution in [2.24, 2.45) is 17.3 Å². The fourth-order valence-electron chi connectivity index (χ4n) is 4.24. The second-order valence-electron chi connectivity index (χ2n) is 13.0. The highest BCUT2D eigenvalue weighted by molar-refractivity contribution is 6.74. The van der Waals surface area contributed by atoms with Crippen molar-refractivity contribution < 1.29 is 13.6 Å². The standard InChI is InChI=1S/C25H48O3Si2/c1-19(28-30(10,11)24(5,6)7)21-14-17-25(22(21)26)15-12-20(13-16-25)18-27-29(8,9)23(2,3)4/h12,15,19-21H,13-14,16-18H2,1-11H3/t19-,20+,21+,25+/m1/s1. The highest BCUT2D eigenvalue weighted by Crippen LogP contribution is 2.49. The molecule has 0 N–H and O–H groups in total. The Morgan fingerprint density at radius 1 is 1.00 bits per heavy atom. The molecule has 0 aromatic carbocycles. The zero-order valence-electron chi connectivity index (χ0n) is 21.6. The van der Waals surface area contributed by atoms with Crippen molar-refractivity contribution in [3.05, 3.63) is 12.2 Å². The lowest BCUT2D eigenvalue weighted by Crippen LogP contribution is -2.46. The van der Waals surface area contributed by atoms with Crippen molar-refractivity contribution in [3.63, 3.8) is 0 Å². The van der Waals surface area contributed by atoms with Crippen molar-refractivity contribution in [2.75, 3.05) is 6.61 Å². The van der Waals surface area contributed by atoms with E-state index in [-0.39, 0.29) is 27.5 Å². The van der Waals surface area contributed by atoms with Gasteiger partial charge in [-0.15, -0.1) is 0 Å². The van der Waals surface area contributed by atoms with E-state index >= 15 is 0 Å². The number of carbonyl (C=O) groups is 1. The van der Waals surface area contributed by atoms with Crippen LogP contribution in [0, 0.1) is 17.3 Å². The first-order valence-electron chi connectivity index (χ1n) is 12.0. The maximum Gasteiger partial charge on any atom is 0.192 e. The van der Waals surface area contributed by atoms with Crippen LogP contribution in [0.1, 0.15) is 74.1 Å². The minimum absolute atomic E-state index is 0.0193. The number of ketones is 1. The van der Waals surface area contributed by atoms with Crippen molar-refractivity contribution in [3.8, 4) is 0 Å². The first kappa shape index (κ1) is 26.0. The Kier molecular flexibility index (Phi) is 7.46. The molecule has 174 valence electrons. The van der Waals surface area contributed by atoms with E-state index in [1.54, 1.807) is 0 Å². The van der Waals surface area contributed by atoms with Gasteiger partial charge in [-0.3, -0.25) is 4.79 Å². The molecule has 2 aliphatic rings. The monoisotopic (exact) mass is 452 g/mol. The van der Waals surface area contributed by atoms with Gasteiger partial charge >= 0.3 is 0 Å². The normalized spacial score (nSPS) is 29.6. The molecule has 1 fully saturated rings. The molecular weight excluding hydrogens is 404 g/mol. The van der Waals surface area contributed by atoms with Crippen LogP contribution in [0.2, 0.25) is 36.3 Å². The predicted molar refractivity (Wildman–Crippen MR) is 133 cm³/mol. The van der Waals surface area contributed by atoms with Gasteiger partial charge in [0.25, 0.3) is 0 Å². The van der Waals surface area contributed by atoms with E-state index in [1.807, 2.05) is 0 Å².